The van der Waals surface area contributed by atoms with Crippen molar-refractivity contribution in [3.8, 4) is 0 Å². The maximum atomic E-state index is 12.0. The van der Waals surface area contributed by atoms with Crippen LogP contribution in [0.4, 0.5) is 0 Å². The largest absolute Gasteiger partial charge is 0.379 e. The number of unbranched alkanes of at least 4 members (excludes halogenated alkanes) is 1. The molecular weight excluding hydrogens is 362 g/mol. The molecule has 0 fully saturated rings. The summed E-state index contributed by atoms with van der Waals surface area (Å²) in [5, 5.41) is 8.00. The molecule has 0 bridgehead atoms. The van der Waals surface area contributed by atoms with E-state index in [1.807, 2.05) is 20.8 Å². The van der Waals surface area contributed by atoms with Gasteiger partial charge in [0.15, 0.2) is 0 Å². The van der Waals surface area contributed by atoms with E-state index in [0.29, 0.717) is 29.8 Å². The van der Waals surface area contributed by atoms with E-state index in [4.69, 9.17) is 4.74 Å². The number of hydrogen-bond acceptors (Lipinski definition) is 6. The van der Waals surface area contributed by atoms with Crippen LogP contribution in [0.15, 0.2) is 5.16 Å². The lowest BCUT2D eigenvalue weighted by Crippen LogP contribution is -2.27. The zero-order valence-electron chi connectivity index (χ0n) is 17.0. The Hall–Kier alpha value is -1.67. The van der Waals surface area contributed by atoms with Crippen LogP contribution in [-0.4, -0.2) is 50.5 Å². The molecule has 27 heavy (non-hydrogen) atoms. The third kappa shape index (κ3) is 6.46. The highest BCUT2D eigenvalue weighted by molar-refractivity contribution is 7.99. The van der Waals surface area contributed by atoms with Gasteiger partial charge in [0.2, 0.25) is 11.1 Å². The number of aryl methyl sites for hydroxylation is 2. The fraction of sp³-hybridized carbons (Fsp3) is 0.684. The topological polar surface area (TPSA) is 81.4 Å². The van der Waals surface area contributed by atoms with Gasteiger partial charge in [-0.3, -0.25) is 4.79 Å². The molecule has 0 aliphatic carbocycles. The molecular formula is C19H31N5O2S. The maximum Gasteiger partial charge on any atom is 0.253 e. The maximum absolute atomic E-state index is 12.0. The van der Waals surface area contributed by atoms with Gasteiger partial charge in [-0.15, -0.1) is 5.10 Å². The van der Waals surface area contributed by atoms with Crippen LogP contribution in [0.25, 0.3) is 5.78 Å². The van der Waals surface area contributed by atoms with E-state index in [1.54, 1.807) is 4.52 Å². The van der Waals surface area contributed by atoms with Gasteiger partial charge in [0, 0.05) is 24.5 Å². The quantitative estimate of drug-likeness (QED) is 0.467. The smallest absolute Gasteiger partial charge is 0.253 e. The molecule has 0 aliphatic rings. The van der Waals surface area contributed by atoms with Crippen molar-refractivity contribution in [3.63, 3.8) is 0 Å². The summed E-state index contributed by atoms with van der Waals surface area (Å²) in [6, 6.07) is 0. The summed E-state index contributed by atoms with van der Waals surface area (Å²) in [6.45, 7) is 11.5. The van der Waals surface area contributed by atoms with Crippen LogP contribution >= 0.6 is 11.8 Å². The fourth-order valence-electron chi connectivity index (χ4n) is 2.77. The highest BCUT2D eigenvalue weighted by atomic mass is 32.2. The summed E-state index contributed by atoms with van der Waals surface area (Å²) in [5.74, 6) is 0.870. The molecule has 0 aromatic carbocycles. The van der Waals surface area contributed by atoms with E-state index in [1.165, 1.54) is 17.3 Å². The first-order valence-corrected chi connectivity index (χ1v) is 10.6. The van der Waals surface area contributed by atoms with Gasteiger partial charge in [0.1, 0.15) is 0 Å². The van der Waals surface area contributed by atoms with Crippen LogP contribution in [0, 0.1) is 13.8 Å². The standard InChI is InChI=1S/C19H31N5O2S/c1-6-7-9-16-14(4)21-18-22-19(23-24(18)15(16)5)27-12-17(25)20-10-8-11-26-13(2)3/h13H,6-12H2,1-5H3,(H,20,25). The van der Waals surface area contributed by atoms with Gasteiger partial charge in [-0.25, -0.2) is 9.50 Å². The summed E-state index contributed by atoms with van der Waals surface area (Å²) in [7, 11) is 0. The van der Waals surface area contributed by atoms with Gasteiger partial charge in [0.05, 0.1) is 11.9 Å². The Morgan fingerprint density at radius 1 is 1.26 bits per heavy atom. The van der Waals surface area contributed by atoms with E-state index in [2.05, 4.69) is 34.2 Å². The van der Waals surface area contributed by atoms with Crippen molar-refractivity contribution in [1.29, 1.82) is 0 Å². The summed E-state index contributed by atoms with van der Waals surface area (Å²) >= 11 is 1.33. The summed E-state index contributed by atoms with van der Waals surface area (Å²) in [5.41, 5.74) is 3.34. The lowest BCUT2D eigenvalue weighted by Gasteiger charge is -2.09. The molecule has 7 nitrogen and oxygen atoms in total. The number of nitrogens with one attached hydrogen (secondary N) is 1. The molecule has 2 heterocycles. The van der Waals surface area contributed by atoms with Crippen molar-refractivity contribution in [3.05, 3.63) is 17.0 Å². The number of nitrogens with zero attached hydrogens (tertiary/aromatic N) is 4. The number of fused-ring (bicyclic) bond motifs is 1. The van der Waals surface area contributed by atoms with Gasteiger partial charge in [-0.1, -0.05) is 25.1 Å². The second kappa shape index (κ2) is 10.6. The SMILES string of the molecule is CCCCc1c(C)nc2nc(SCC(=O)NCCCOC(C)C)nn2c1C. The van der Waals surface area contributed by atoms with Crippen molar-refractivity contribution in [2.45, 2.75) is 71.6 Å². The number of aromatic nitrogens is 4. The van der Waals surface area contributed by atoms with Crippen LogP contribution in [0.1, 0.15) is 57.0 Å². The van der Waals surface area contributed by atoms with Crippen LogP contribution in [0.2, 0.25) is 0 Å². The highest BCUT2D eigenvalue weighted by Gasteiger charge is 2.14. The number of thioether (sulfide) groups is 1. The molecule has 0 saturated carbocycles. The predicted molar refractivity (Wildman–Crippen MR) is 108 cm³/mol. The first-order valence-electron chi connectivity index (χ1n) is 9.66. The molecule has 2 aromatic rings. The van der Waals surface area contributed by atoms with E-state index < -0.39 is 0 Å². The van der Waals surface area contributed by atoms with Crippen molar-refractivity contribution < 1.29 is 9.53 Å². The third-order valence-corrected chi connectivity index (χ3v) is 5.07. The second-order valence-corrected chi connectivity index (χ2v) is 7.83. The van der Waals surface area contributed by atoms with Crippen molar-refractivity contribution in [2.75, 3.05) is 18.9 Å². The Kier molecular flexibility index (Phi) is 8.50. The van der Waals surface area contributed by atoms with Crippen LogP contribution in [0.5, 0.6) is 0 Å². The number of carbonyl (C=O) groups is 1. The van der Waals surface area contributed by atoms with Crippen molar-refractivity contribution >= 4 is 23.4 Å². The molecule has 1 amide bonds. The Bertz CT molecular complexity index is 760. The monoisotopic (exact) mass is 393 g/mol. The molecule has 0 atom stereocenters. The zero-order valence-corrected chi connectivity index (χ0v) is 17.9. The molecule has 0 unspecified atom stereocenters. The first-order chi connectivity index (χ1) is 12.9. The third-order valence-electron chi connectivity index (χ3n) is 4.24. The lowest BCUT2D eigenvalue weighted by molar-refractivity contribution is -0.118. The molecule has 150 valence electrons. The van der Waals surface area contributed by atoms with Gasteiger partial charge >= 0.3 is 0 Å². The van der Waals surface area contributed by atoms with E-state index in [0.717, 1.165) is 37.1 Å². The zero-order chi connectivity index (χ0) is 19.8. The van der Waals surface area contributed by atoms with E-state index >= 15 is 0 Å². The highest BCUT2D eigenvalue weighted by Crippen LogP contribution is 2.19. The summed E-state index contributed by atoms with van der Waals surface area (Å²) in [6.07, 6.45) is 4.31. The Labute approximate surface area is 165 Å². The van der Waals surface area contributed by atoms with Gasteiger partial charge in [-0.05, 0) is 52.5 Å². The number of hydrogen-bond donors (Lipinski definition) is 1. The molecule has 2 rings (SSSR count). The molecule has 1 N–H and O–H groups in total. The Morgan fingerprint density at radius 3 is 2.74 bits per heavy atom. The summed E-state index contributed by atoms with van der Waals surface area (Å²) < 4.78 is 7.25. The Morgan fingerprint density at radius 2 is 2.04 bits per heavy atom. The number of amides is 1. The molecule has 0 saturated heterocycles. The predicted octanol–water partition coefficient (Wildman–Crippen LogP) is 3.11. The Balaban J connectivity index is 1.90. The average Bonchev–Trinajstić information content (AvgIpc) is 3.02. The average molecular weight is 394 g/mol. The minimum atomic E-state index is -0.0205. The van der Waals surface area contributed by atoms with Crippen LogP contribution < -0.4 is 5.32 Å². The molecule has 8 heteroatoms. The van der Waals surface area contributed by atoms with Gasteiger partial charge < -0.3 is 10.1 Å². The molecule has 0 radical (unpaired) electrons. The van der Waals surface area contributed by atoms with E-state index in [-0.39, 0.29) is 12.0 Å². The normalized spacial score (nSPS) is 11.5. The van der Waals surface area contributed by atoms with E-state index in [9.17, 15) is 4.79 Å². The van der Waals surface area contributed by atoms with Crippen LogP contribution in [0.3, 0.4) is 0 Å². The van der Waals surface area contributed by atoms with Gasteiger partial charge in [-0.2, -0.15) is 4.98 Å². The molecule has 0 aliphatic heterocycles. The second-order valence-electron chi connectivity index (χ2n) is 6.88. The minimum absolute atomic E-state index is 0.0205. The minimum Gasteiger partial charge on any atom is -0.379 e. The summed E-state index contributed by atoms with van der Waals surface area (Å²) in [4.78, 5) is 21.0. The van der Waals surface area contributed by atoms with Crippen molar-refractivity contribution in [2.24, 2.45) is 0 Å². The molecule has 0 spiro atoms. The first kappa shape index (κ1) is 21.6. The number of ether oxygens (including phenoxy) is 1. The lowest BCUT2D eigenvalue weighted by atomic mass is 10.1. The fourth-order valence-corrected chi connectivity index (χ4v) is 3.41. The number of rotatable bonds is 11. The van der Waals surface area contributed by atoms with Crippen LogP contribution in [-0.2, 0) is 16.0 Å². The van der Waals surface area contributed by atoms with Gasteiger partial charge in [0.25, 0.3) is 5.78 Å². The van der Waals surface area contributed by atoms with Crippen molar-refractivity contribution in [1.82, 2.24) is 24.9 Å². The number of carbonyl (C=O) groups excluding carboxylic acids is 1. The molecule has 2 aromatic heterocycles.